The standard InChI is InChI=1S/C13H19F2N/c1-4-8-13(14,15)11-7-5-6-10(9-11)12(2,3)16/h5-7,9H,4,8,16H2,1-3H3. The Morgan fingerprint density at radius 2 is 1.75 bits per heavy atom. The molecule has 0 saturated heterocycles. The number of benzene rings is 1. The summed E-state index contributed by atoms with van der Waals surface area (Å²) in [6.45, 7) is 5.37. The maximum Gasteiger partial charge on any atom is 0.273 e. The Morgan fingerprint density at radius 1 is 1.19 bits per heavy atom. The van der Waals surface area contributed by atoms with Gasteiger partial charge in [0, 0.05) is 17.5 Å². The van der Waals surface area contributed by atoms with Crippen molar-refractivity contribution < 1.29 is 8.78 Å². The van der Waals surface area contributed by atoms with Crippen LogP contribution in [-0.2, 0) is 11.5 Å². The molecule has 0 aliphatic carbocycles. The van der Waals surface area contributed by atoms with Crippen LogP contribution in [0.5, 0.6) is 0 Å². The van der Waals surface area contributed by atoms with Crippen LogP contribution in [0.25, 0.3) is 0 Å². The maximum absolute atomic E-state index is 13.7. The lowest BCUT2D eigenvalue weighted by atomic mass is 9.92. The lowest BCUT2D eigenvalue weighted by Crippen LogP contribution is -2.29. The Kier molecular flexibility index (Phi) is 3.68. The zero-order valence-electron chi connectivity index (χ0n) is 10.1. The van der Waals surface area contributed by atoms with Gasteiger partial charge in [0.05, 0.1) is 0 Å². The molecule has 90 valence electrons. The lowest BCUT2D eigenvalue weighted by molar-refractivity contribution is -0.0141. The Hall–Kier alpha value is -0.960. The van der Waals surface area contributed by atoms with Crippen LogP contribution < -0.4 is 5.73 Å². The highest BCUT2D eigenvalue weighted by Crippen LogP contribution is 2.34. The minimum atomic E-state index is -2.75. The summed E-state index contributed by atoms with van der Waals surface area (Å²) < 4.78 is 27.4. The average Bonchev–Trinajstić information content (AvgIpc) is 2.16. The van der Waals surface area contributed by atoms with Gasteiger partial charge in [0.2, 0.25) is 0 Å². The first-order valence-electron chi connectivity index (χ1n) is 5.55. The van der Waals surface area contributed by atoms with Gasteiger partial charge in [0.15, 0.2) is 0 Å². The molecule has 3 heteroatoms. The Bertz CT molecular complexity index is 353. The van der Waals surface area contributed by atoms with Gasteiger partial charge in [-0.05, 0) is 25.5 Å². The third kappa shape index (κ3) is 3.01. The van der Waals surface area contributed by atoms with Crippen LogP contribution in [0, 0.1) is 0 Å². The van der Waals surface area contributed by atoms with Gasteiger partial charge in [-0.25, -0.2) is 8.78 Å². The van der Waals surface area contributed by atoms with Gasteiger partial charge in [-0.3, -0.25) is 0 Å². The van der Waals surface area contributed by atoms with E-state index in [0.29, 0.717) is 6.42 Å². The van der Waals surface area contributed by atoms with E-state index in [9.17, 15) is 8.78 Å². The van der Waals surface area contributed by atoms with Crippen LogP contribution in [0.1, 0.15) is 44.7 Å². The SMILES string of the molecule is CCCC(F)(F)c1cccc(C(C)(C)N)c1. The van der Waals surface area contributed by atoms with Gasteiger partial charge < -0.3 is 5.73 Å². The predicted molar refractivity (Wildman–Crippen MR) is 62.5 cm³/mol. The molecule has 0 aliphatic rings. The highest BCUT2D eigenvalue weighted by atomic mass is 19.3. The first kappa shape index (κ1) is 13.1. The fraction of sp³-hybridized carbons (Fsp3) is 0.538. The number of nitrogens with two attached hydrogens (primary N) is 1. The Morgan fingerprint density at radius 3 is 2.25 bits per heavy atom. The summed E-state index contributed by atoms with van der Waals surface area (Å²) in [4.78, 5) is 0. The van der Waals surface area contributed by atoms with E-state index in [2.05, 4.69) is 0 Å². The molecule has 0 heterocycles. The molecule has 0 aromatic heterocycles. The van der Waals surface area contributed by atoms with E-state index >= 15 is 0 Å². The van der Waals surface area contributed by atoms with Crippen molar-refractivity contribution in [3.63, 3.8) is 0 Å². The normalized spacial score (nSPS) is 12.9. The monoisotopic (exact) mass is 227 g/mol. The van der Waals surface area contributed by atoms with Crippen molar-refractivity contribution in [3.8, 4) is 0 Å². The van der Waals surface area contributed by atoms with E-state index in [-0.39, 0.29) is 12.0 Å². The summed E-state index contributed by atoms with van der Waals surface area (Å²) in [7, 11) is 0. The Balaban J connectivity index is 3.08. The molecule has 0 unspecified atom stereocenters. The molecular weight excluding hydrogens is 208 g/mol. The molecular formula is C13H19F2N. The number of hydrogen-bond donors (Lipinski definition) is 1. The van der Waals surface area contributed by atoms with Crippen LogP contribution in [0.15, 0.2) is 24.3 Å². The number of rotatable bonds is 4. The first-order valence-corrected chi connectivity index (χ1v) is 5.55. The molecule has 0 aliphatic heterocycles. The van der Waals surface area contributed by atoms with Crippen molar-refractivity contribution in [2.45, 2.75) is 45.1 Å². The van der Waals surface area contributed by atoms with Crippen LogP contribution in [-0.4, -0.2) is 0 Å². The average molecular weight is 227 g/mol. The van der Waals surface area contributed by atoms with Gasteiger partial charge in [0.1, 0.15) is 0 Å². The highest BCUT2D eigenvalue weighted by Gasteiger charge is 2.31. The molecule has 0 bridgehead atoms. The van der Waals surface area contributed by atoms with Crippen molar-refractivity contribution in [1.82, 2.24) is 0 Å². The van der Waals surface area contributed by atoms with E-state index in [1.165, 1.54) is 12.1 Å². The zero-order chi connectivity index (χ0) is 12.4. The number of alkyl halides is 2. The van der Waals surface area contributed by atoms with Crippen molar-refractivity contribution in [3.05, 3.63) is 35.4 Å². The molecule has 0 fully saturated rings. The Labute approximate surface area is 95.7 Å². The smallest absolute Gasteiger partial charge is 0.273 e. The topological polar surface area (TPSA) is 26.0 Å². The second kappa shape index (κ2) is 4.50. The minimum absolute atomic E-state index is 0.0605. The quantitative estimate of drug-likeness (QED) is 0.832. The summed E-state index contributed by atoms with van der Waals surface area (Å²) in [5, 5.41) is 0. The fourth-order valence-electron chi connectivity index (χ4n) is 1.61. The minimum Gasteiger partial charge on any atom is -0.322 e. The van der Waals surface area contributed by atoms with Crippen molar-refractivity contribution in [1.29, 1.82) is 0 Å². The van der Waals surface area contributed by atoms with Crippen molar-refractivity contribution in [2.75, 3.05) is 0 Å². The first-order chi connectivity index (χ1) is 7.27. The summed E-state index contributed by atoms with van der Waals surface area (Å²) >= 11 is 0. The van der Waals surface area contributed by atoms with Crippen LogP contribution in [0.3, 0.4) is 0 Å². The molecule has 1 aromatic rings. The second-order valence-electron chi connectivity index (χ2n) is 4.76. The van der Waals surface area contributed by atoms with Crippen molar-refractivity contribution in [2.24, 2.45) is 5.73 Å². The van der Waals surface area contributed by atoms with Crippen molar-refractivity contribution >= 4 is 0 Å². The van der Waals surface area contributed by atoms with Gasteiger partial charge in [-0.15, -0.1) is 0 Å². The van der Waals surface area contributed by atoms with Gasteiger partial charge in [0.25, 0.3) is 5.92 Å². The van der Waals surface area contributed by atoms with E-state index < -0.39 is 11.5 Å². The molecule has 1 nitrogen and oxygen atoms in total. The predicted octanol–water partition coefficient (Wildman–Crippen LogP) is 3.77. The second-order valence-corrected chi connectivity index (χ2v) is 4.76. The van der Waals surface area contributed by atoms with E-state index in [1.807, 2.05) is 13.8 Å². The third-order valence-electron chi connectivity index (χ3n) is 2.59. The summed E-state index contributed by atoms with van der Waals surface area (Å²) in [6, 6.07) is 6.40. The van der Waals surface area contributed by atoms with Gasteiger partial charge >= 0.3 is 0 Å². The fourth-order valence-corrected chi connectivity index (χ4v) is 1.61. The summed E-state index contributed by atoms with van der Waals surface area (Å²) in [6.07, 6.45) is 0.338. The molecule has 16 heavy (non-hydrogen) atoms. The van der Waals surface area contributed by atoms with E-state index in [1.54, 1.807) is 19.1 Å². The van der Waals surface area contributed by atoms with E-state index in [4.69, 9.17) is 5.73 Å². The molecule has 1 rings (SSSR count). The summed E-state index contributed by atoms with van der Waals surface area (Å²) in [5.41, 5.74) is 6.11. The van der Waals surface area contributed by atoms with Crippen LogP contribution in [0.4, 0.5) is 8.78 Å². The highest BCUT2D eigenvalue weighted by molar-refractivity contribution is 5.30. The molecule has 0 radical (unpaired) electrons. The molecule has 0 atom stereocenters. The third-order valence-corrected chi connectivity index (χ3v) is 2.59. The van der Waals surface area contributed by atoms with Crippen LogP contribution in [0.2, 0.25) is 0 Å². The maximum atomic E-state index is 13.7. The number of halogens is 2. The lowest BCUT2D eigenvalue weighted by Gasteiger charge is -2.22. The van der Waals surface area contributed by atoms with Crippen LogP contribution >= 0.6 is 0 Å². The zero-order valence-corrected chi connectivity index (χ0v) is 10.1. The number of hydrogen-bond acceptors (Lipinski definition) is 1. The van der Waals surface area contributed by atoms with Gasteiger partial charge in [-0.1, -0.05) is 31.5 Å². The molecule has 0 spiro atoms. The van der Waals surface area contributed by atoms with E-state index in [0.717, 1.165) is 5.56 Å². The molecule has 2 N–H and O–H groups in total. The largest absolute Gasteiger partial charge is 0.322 e. The molecule has 0 saturated carbocycles. The van der Waals surface area contributed by atoms with Gasteiger partial charge in [-0.2, -0.15) is 0 Å². The molecule has 0 amide bonds. The molecule has 1 aromatic carbocycles. The summed E-state index contributed by atoms with van der Waals surface area (Å²) in [5.74, 6) is -2.75.